The molecular weight excluding hydrogens is 512 g/mol. The molecule has 5 aliphatic rings. The standard InChI is InChI=1S/C33H40N6O2/c1-2-22-7-3-8-23-9-4-10-28(29(22)23)37-16-11-25-27(20-37)35-32(41-21-33-12-5-14-39(33)15-6-13-33)36-30(25)38-18-24-17-34-31(40)26(24)19-38/h3-4,7-10,24,26H,2,5-6,11-21H2,1H3,(H,34,40). The van der Waals surface area contributed by atoms with Gasteiger partial charge in [0.2, 0.25) is 5.91 Å². The number of nitrogens with one attached hydrogen (secondary N) is 1. The molecule has 4 fully saturated rings. The molecule has 41 heavy (non-hydrogen) atoms. The summed E-state index contributed by atoms with van der Waals surface area (Å²) in [6.45, 7) is 9.25. The smallest absolute Gasteiger partial charge is 0.318 e. The average Bonchev–Trinajstić information content (AvgIpc) is 3.77. The van der Waals surface area contributed by atoms with Gasteiger partial charge in [-0.05, 0) is 68.6 Å². The second-order valence-electron chi connectivity index (χ2n) is 12.8. The molecule has 4 saturated heterocycles. The van der Waals surface area contributed by atoms with Crippen LogP contribution < -0.4 is 19.9 Å². The summed E-state index contributed by atoms with van der Waals surface area (Å²) in [5.74, 6) is 1.58. The Morgan fingerprint density at radius 3 is 2.66 bits per heavy atom. The Hall–Kier alpha value is -3.39. The van der Waals surface area contributed by atoms with Crippen molar-refractivity contribution in [3.05, 3.63) is 53.2 Å². The second kappa shape index (κ2) is 9.86. The van der Waals surface area contributed by atoms with E-state index in [4.69, 9.17) is 14.7 Å². The van der Waals surface area contributed by atoms with E-state index in [0.717, 1.165) is 57.1 Å². The summed E-state index contributed by atoms with van der Waals surface area (Å²) in [7, 11) is 0. The molecule has 3 aromatic rings. The maximum Gasteiger partial charge on any atom is 0.318 e. The largest absolute Gasteiger partial charge is 0.461 e. The first-order valence-electron chi connectivity index (χ1n) is 15.7. The van der Waals surface area contributed by atoms with Gasteiger partial charge in [-0.15, -0.1) is 0 Å². The van der Waals surface area contributed by atoms with E-state index in [1.54, 1.807) is 0 Å². The van der Waals surface area contributed by atoms with E-state index >= 15 is 0 Å². The van der Waals surface area contributed by atoms with Gasteiger partial charge in [0.1, 0.15) is 12.4 Å². The molecule has 0 aliphatic carbocycles. The molecule has 5 aliphatic heterocycles. The quantitative estimate of drug-likeness (QED) is 0.497. The van der Waals surface area contributed by atoms with Crippen LogP contribution in [-0.2, 0) is 24.2 Å². The molecule has 8 nitrogen and oxygen atoms in total. The third-order valence-electron chi connectivity index (χ3n) is 10.6. The Kier molecular flexibility index (Phi) is 6.09. The summed E-state index contributed by atoms with van der Waals surface area (Å²) in [6.07, 6.45) is 6.78. The molecule has 2 aromatic carbocycles. The van der Waals surface area contributed by atoms with Crippen LogP contribution in [0, 0.1) is 11.8 Å². The van der Waals surface area contributed by atoms with Crippen LogP contribution in [0.2, 0.25) is 0 Å². The number of aromatic nitrogens is 2. The molecule has 1 N–H and O–H groups in total. The van der Waals surface area contributed by atoms with Gasteiger partial charge in [0.05, 0.1) is 23.7 Å². The highest BCUT2D eigenvalue weighted by atomic mass is 16.5. The summed E-state index contributed by atoms with van der Waals surface area (Å²) in [5.41, 5.74) is 5.11. The van der Waals surface area contributed by atoms with Crippen LogP contribution in [0.3, 0.4) is 0 Å². The molecule has 1 amide bonds. The Morgan fingerprint density at radius 2 is 1.85 bits per heavy atom. The number of hydrogen-bond donors (Lipinski definition) is 1. The number of aryl methyl sites for hydroxylation is 1. The maximum absolute atomic E-state index is 12.5. The predicted octanol–water partition coefficient (Wildman–Crippen LogP) is 3.94. The molecule has 214 valence electrons. The third kappa shape index (κ3) is 4.17. The van der Waals surface area contributed by atoms with Crippen molar-refractivity contribution in [1.29, 1.82) is 0 Å². The van der Waals surface area contributed by atoms with E-state index in [0.29, 0.717) is 18.5 Å². The van der Waals surface area contributed by atoms with Crippen LogP contribution in [0.1, 0.15) is 49.4 Å². The molecule has 0 spiro atoms. The molecule has 8 rings (SSSR count). The minimum Gasteiger partial charge on any atom is -0.461 e. The average molecular weight is 553 g/mol. The fourth-order valence-electron chi connectivity index (χ4n) is 8.45. The summed E-state index contributed by atoms with van der Waals surface area (Å²) < 4.78 is 6.54. The lowest BCUT2D eigenvalue weighted by Crippen LogP contribution is -2.43. The topological polar surface area (TPSA) is 73.8 Å². The van der Waals surface area contributed by atoms with E-state index < -0.39 is 0 Å². The number of hydrogen-bond acceptors (Lipinski definition) is 7. The van der Waals surface area contributed by atoms with Crippen LogP contribution in [-0.4, -0.2) is 72.2 Å². The van der Waals surface area contributed by atoms with Crippen molar-refractivity contribution in [1.82, 2.24) is 20.2 Å². The van der Waals surface area contributed by atoms with Crippen molar-refractivity contribution in [2.24, 2.45) is 11.8 Å². The Bertz CT molecular complexity index is 1490. The van der Waals surface area contributed by atoms with Gasteiger partial charge in [0.25, 0.3) is 0 Å². The molecule has 2 unspecified atom stereocenters. The molecule has 8 heteroatoms. The molecule has 1 aromatic heterocycles. The van der Waals surface area contributed by atoms with Gasteiger partial charge in [-0.3, -0.25) is 9.69 Å². The minimum absolute atomic E-state index is 0.0534. The normalized spacial score (nSPS) is 25.0. The zero-order valence-electron chi connectivity index (χ0n) is 24.1. The summed E-state index contributed by atoms with van der Waals surface area (Å²) in [6, 6.07) is 13.8. The zero-order chi connectivity index (χ0) is 27.6. The first-order chi connectivity index (χ1) is 20.1. The molecule has 0 saturated carbocycles. The number of carbonyl (C=O) groups excluding carboxylic acids is 1. The Morgan fingerprint density at radius 1 is 1.02 bits per heavy atom. The number of carbonyl (C=O) groups is 1. The highest BCUT2D eigenvalue weighted by molar-refractivity contribution is 5.97. The molecule has 0 bridgehead atoms. The van der Waals surface area contributed by atoms with E-state index in [1.807, 2.05) is 0 Å². The van der Waals surface area contributed by atoms with Crippen molar-refractivity contribution >= 4 is 28.2 Å². The van der Waals surface area contributed by atoms with Crippen LogP contribution in [0.5, 0.6) is 6.01 Å². The predicted molar refractivity (Wildman–Crippen MR) is 161 cm³/mol. The van der Waals surface area contributed by atoms with Crippen molar-refractivity contribution in [3.8, 4) is 6.01 Å². The number of fused-ring (bicyclic) bond motifs is 4. The fourth-order valence-corrected chi connectivity index (χ4v) is 8.45. The van der Waals surface area contributed by atoms with Gasteiger partial charge in [-0.1, -0.05) is 37.3 Å². The number of rotatable bonds is 6. The van der Waals surface area contributed by atoms with Gasteiger partial charge in [-0.2, -0.15) is 9.97 Å². The van der Waals surface area contributed by atoms with Gasteiger partial charge in [-0.25, -0.2) is 0 Å². The number of anilines is 2. The van der Waals surface area contributed by atoms with Gasteiger partial charge in [0.15, 0.2) is 0 Å². The van der Waals surface area contributed by atoms with Crippen LogP contribution in [0.15, 0.2) is 36.4 Å². The molecule has 6 heterocycles. The maximum atomic E-state index is 12.5. The van der Waals surface area contributed by atoms with Crippen molar-refractivity contribution in [3.63, 3.8) is 0 Å². The zero-order valence-corrected chi connectivity index (χ0v) is 24.1. The van der Waals surface area contributed by atoms with E-state index in [9.17, 15) is 4.79 Å². The monoisotopic (exact) mass is 552 g/mol. The van der Waals surface area contributed by atoms with E-state index in [2.05, 4.69) is 63.3 Å². The highest BCUT2D eigenvalue weighted by Crippen LogP contribution is 2.41. The molecule has 2 atom stereocenters. The number of ether oxygens (including phenoxy) is 1. The van der Waals surface area contributed by atoms with Crippen LogP contribution in [0.25, 0.3) is 10.8 Å². The van der Waals surface area contributed by atoms with Gasteiger partial charge >= 0.3 is 6.01 Å². The van der Waals surface area contributed by atoms with E-state index in [-0.39, 0.29) is 17.4 Å². The molecular formula is C33H40N6O2. The van der Waals surface area contributed by atoms with E-state index in [1.165, 1.54) is 66.4 Å². The lowest BCUT2D eigenvalue weighted by Gasteiger charge is -2.34. The highest BCUT2D eigenvalue weighted by Gasteiger charge is 2.46. The SMILES string of the molecule is CCc1cccc2cccc(N3CCc4c(nc(OCC56CCCN5CCC6)nc4N4CC5CNC(=O)C5C4)C3)c12. The summed E-state index contributed by atoms with van der Waals surface area (Å²) in [4.78, 5) is 30.2. The van der Waals surface area contributed by atoms with Crippen LogP contribution in [0.4, 0.5) is 11.5 Å². The summed E-state index contributed by atoms with van der Waals surface area (Å²) >= 11 is 0. The van der Waals surface area contributed by atoms with Crippen LogP contribution >= 0.6 is 0 Å². The van der Waals surface area contributed by atoms with Gasteiger partial charge < -0.3 is 19.9 Å². The Labute approximate surface area is 242 Å². The number of amides is 1. The first-order valence-corrected chi connectivity index (χ1v) is 15.7. The Balaban J connectivity index is 1.15. The molecule has 0 radical (unpaired) electrons. The lowest BCUT2D eigenvalue weighted by atomic mass is 9.95. The second-order valence-corrected chi connectivity index (χ2v) is 12.8. The first kappa shape index (κ1) is 25.3. The summed E-state index contributed by atoms with van der Waals surface area (Å²) in [5, 5.41) is 5.70. The number of benzene rings is 2. The van der Waals surface area contributed by atoms with Crippen molar-refractivity contribution < 1.29 is 9.53 Å². The van der Waals surface area contributed by atoms with Crippen molar-refractivity contribution in [2.45, 2.75) is 57.5 Å². The van der Waals surface area contributed by atoms with Gasteiger partial charge in [0, 0.05) is 48.7 Å². The fraction of sp³-hybridized carbons (Fsp3) is 0.545. The minimum atomic E-state index is 0.0534. The lowest BCUT2D eigenvalue weighted by molar-refractivity contribution is -0.122. The third-order valence-corrected chi connectivity index (χ3v) is 10.6. The number of nitrogens with zero attached hydrogens (tertiary/aromatic N) is 5. The van der Waals surface area contributed by atoms with Crippen molar-refractivity contribution in [2.75, 3.05) is 55.7 Å².